The standard InChI is InChI=1S/C24H29ClFN3O3S/c25-21-6-4-19(5-7-21)17-27-12-2-13-28(16-15-27)24(30)20-3-1-14-29(18-20)33(31,32)23-10-8-22(26)9-11-23/h4-11,20H,1-3,12-18H2. The van der Waals surface area contributed by atoms with Crippen LogP contribution in [0.5, 0.6) is 0 Å². The van der Waals surface area contributed by atoms with Gasteiger partial charge in [0.2, 0.25) is 15.9 Å². The minimum absolute atomic E-state index is 0.0300. The Hall–Kier alpha value is -2.00. The van der Waals surface area contributed by atoms with Gasteiger partial charge in [-0.1, -0.05) is 23.7 Å². The van der Waals surface area contributed by atoms with Gasteiger partial charge < -0.3 is 4.90 Å². The highest BCUT2D eigenvalue weighted by atomic mass is 35.5. The van der Waals surface area contributed by atoms with Crippen LogP contribution in [0.3, 0.4) is 0 Å². The molecule has 2 saturated heterocycles. The summed E-state index contributed by atoms with van der Waals surface area (Å²) in [6, 6.07) is 12.7. The molecule has 0 saturated carbocycles. The van der Waals surface area contributed by atoms with E-state index in [9.17, 15) is 17.6 Å². The lowest BCUT2D eigenvalue weighted by atomic mass is 9.98. The van der Waals surface area contributed by atoms with Crippen molar-refractivity contribution in [3.8, 4) is 0 Å². The predicted molar refractivity (Wildman–Crippen MR) is 126 cm³/mol. The van der Waals surface area contributed by atoms with E-state index in [-0.39, 0.29) is 23.3 Å². The molecule has 2 fully saturated rings. The number of amides is 1. The fourth-order valence-corrected chi connectivity index (χ4v) is 6.22. The van der Waals surface area contributed by atoms with Crippen LogP contribution < -0.4 is 0 Å². The monoisotopic (exact) mass is 493 g/mol. The van der Waals surface area contributed by atoms with Crippen molar-refractivity contribution in [2.45, 2.75) is 30.7 Å². The van der Waals surface area contributed by atoms with Crippen LogP contribution in [0.4, 0.5) is 4.39 Å². The Labute approximate surface area is 200 Å². The van der Waals surface area contributed by atoms with Gasteiger partial charge in [0.15, 0.2) is 0 Å². The molecule has 2 heterocycles. The molecule has 6 nitrogen and oxygen atoms in total. The van der Waals surface area contributed by atoms with Gasteiger partial charge in [0.25, 0.3) is 0 Å². The first-order valence-electron chi connectivity index (χ1n) is 11.3. The van der Waals surface area contributed by atoms with Crippen LogP contribution in [-0.4, -0.2) is 67.7 Å². The van der Waals surface area contributed by atoms with E-state index in [2.05, 4.69) is 4.90 Å². The highest BCUT2D eigenvalue weighted by molar-refractivity contribution is 7.89. The first-order valence-corrected chi connectivity index (χ1v) is 13.2. The molecule has 4 rings (SSSR count). The molecule has 0 spiro atoms. The van der Waals surface area contributed by atoms with E-state index in [1.807, 2.05) is 29.2 Å². The van der Waals surface area contributed by atoms with Gasteiger partial charge in [-0.05, 0) is 61.2 Å². The lowest BCUT2D eigenvalue weighted by Crippen LogP contribution is -2.47. The molecule has 0 N–H and O–H groups in total. The molecule has 0 radical (unpaired) electrons. The number of benzene rings is 2. The zero-order chi connectivity index (χ0) is 23.4. The van der Waals surface area contributed by atoms with Gasteiger partial charge in [-0.25, -0.2) is 12.8 Å². The van der Waals surface area contributed by atoms with E-state index in [4.69, 9.17) is 11.6 Å². The third-order valence-corrected chi connectivity index (χ3v) is 8.54. The van der Waals surface area contributed by atoms with Crippen LogP contribution in [0.25, 0.3) is 0 Å². The topological polar surface area (TPSA) is 60.9 Å². The van der Waals surface area contributed by atoms with Gasteiger partial charge in [-0.2, -0.15) is 4.31 Å². The number of hydrogen-bond donors (Lipinski definition) is 0. The number of hydrogen-bond acceptors (Lipinski definition) is 4. The highest BCUT2D eigenvalue weighted by Gasteiger charge is 2.35. The van der Waals surface area contributed by atoms with E-state index in [0.717, 1.165) is 38.2 Å². The van der Waals surface area contributed by atoms with E-state index in [1.165, 1.54) is 22.0 Å². The maximum absolute atomic E-state index is 13.3. The van der Waals surface area contributed by atoms with Crippen molar-refractivity contribution in [3.63, 3.8) is 0 Å². The second kappa shape index (κ2) is 10.5. The van der Waals surface area contributed by atoms with Crippen molar-refractivity contribution in [2.24, 2.45) is 5.92 Å². The smallest absolute Gasteiger partial charge is 0.243 e. The van der Waals surface area contributed by atoms with Crippen molar-refractivity contribution in [1.29, 1.82) is 0 Å². The number of carbonyl (C=O) groups is 1. The first kappa shape index (κ1) is 24.1. The molecule has 2 aliphatic heterocycles. The van der Waals surface area contributed by atoms with Crippen molar-refractivity contribution < 1.29 is 17.6 Å². The summed E-state index contributed by atoms with van der Waals surface area (Å²) in [6.07, 6.45) is 2.19. The molecule has 1 unspecified atom stereocenters. The normalized spacial score (nSPS) is 21.0. The Bertz CT molecular complexity index is 1060. The Kier molecular flexibility index (Phi) is 7.69. The number of piperidine rings is 1. The van der Waals surface area contributed by atoms with Gasteiger partial charge in [-0.3, -0.25) is 9.69 Å². The molecular weight excluding hydrogens is 465 g/mol. The minimum Gasteiger partial charge on any atom is -0.341 e. The van der Waals surface area contributed by atoms with E-state index < -0.39 is 15.8 Å². The fourth-order valence-electron chi connectivity index (χ4n) is 4.57. The van der Waals surface area contributed by atoms with E-state index in [1.54, 1.807) is 0 Å². The zero-order valence-corrected chi connectivity index (χ0v) is 20.1. The lowest BCUT2D eigenvalue weighted by molar-refractivity contribution is -0.136. The van der Waals surface area contributed by atoms with Gasteiger partial charge in [0.05, 0.1) is 10.8 Å². The van der Waals surface area contributed by atoms with Crippen LogP contribution in [-0.2, 0) is 21.4 Å². The lowest BCUT2D eigenvalue weighted by Gasteiger charge is -2.34. The number of nitrogens with zero attached hydrogens (tertiary/aromatic N) is 3. The van der Waals surface area contributed by atoms with Crippen LogP contribution >= 0.6 is 11.6 Å². The van der Waals surface area contributed by atoms with E-state index in [0.29, 0.717) is 37.5 Å². The molecule has 1 amide bonds. The SMILES string of the molecule is O=C(C1CCCN(S(=O)(=O)c2ccc(F)cc2)C1)N1CCCN(Cc2ccc(Cl)cc2)CC1. The van der Waals surface area contributed by atoms with Crippen LogP contribution in [0.2, 0.25) is 5.02 Å². The second-order valence-corrected chi connectivity index (χ2v) is 11.1. The molecule has 33 heavy (non-hydrogen) atoms. The maximum atomic E-state index is 13.3. The summed E-state index contributed by atoms with van der Waals surface area (Å²) in [5, 5.41) is 0.717. The highest BCUT2D eigenvalue weighted by Crippen LogP contribution is 2.26. The Morgan fingerprint density at radius 2 is 1.67 bits per heavy atom. The van der Waals surface area contributed by atoms with Crippen molar-refractivity contribution in [3.05, 3.63) is 64.9 Å². The molecule has 1 atom stereocenters. The zero-order valence-electron chi connectivity index (χ0n) is 18.5. The summed E-state index contributed by atoms with van der Waals surface area (Å²) in [6.45, 7) is 4.35. The van der Waals surface area contributed by atoms with Gasteiger partial charge >= 0.3 is 0 Å². The molecule has 0 bridgehead atoms. The van der Waals surface area contributed by atoms with Gasteiger partial charge in [0, 0.05) is 50.8 Å². The summed E-state index contributed by atoms with van der Waals surface area (Å²) < 4.78 is 40.6. The first-order chi connectivity index (χ1) is 15.8. The molecule has 0 aromatic heterocycles. The van der Waals surface area contributed by atoms with Gasteiger partial charge in [0.1, 0.15) is 5.82 Å². The largest absolute Gasteiger partial charge is 0.341 e. The number of sulfonamides is 1. The number of halogens is 2. The third-order valence-electron chi connectivity index (χ3n) is 6.40. The Balaban J connectivity index is 1.36. The summed E-state index contributed by atoms with van der Waals surface area (Å²) in [4.78, 5) is 17.6. The summed E-state index contributed by atoms with van der Waals surface area (Å²) >= 11 is 5.97. The fraction of sp³-hybridized carbons (Fsp3) is 0.458. The molecule has 2 aliphatic rings. The van der Waals surface area contributed by atoms with E-state index >= 15 is 0 Å². The average molecular weight is 494 g/mol. The molecule has 2 aromatic carbocycles. The number of rotatable bonds is 5. The van der Waals surface area contributed by atoms with Crippen LogP contribution in [0.1, 0.15) is 24.8 Å². The number of carbonyl (C=O) groups excluding carboxylic acids is 1. The summed E-state index contributed by atoms with van der Waals surface area (Å²) in [5.41, 5.74) is 1.19. The van der Waals surface area contributed by atoms with Crippen LogP contribution in [0, 0.1) is 11.7 Å². The average Bonchev–Trinajstić information content (AvgIpc) is 3.06. The van der Waals surface area contributed by atoms with Crippen molar-refractivity contribution in [1.82, 2.24) is 14.1 Å². The third kappa shape index (κ3) is 5.93. The molecule has 0 aliphatic carbocycles. The maximum Gasteiger partial charge on any atom is 0.243 e. The minimum atomic E-state index is -3.75. The Morgan fingerprint density at radius 3 is 2.39 bits per heavy atom. The predicted octanol–water partition coefficient (Wildman–Crippen LogP) is 3.61. The summed E-state index contributed by atoms with van der Waals surface area (Å²) in [7, 11) is -3.75. The quantitative estimate of drug-likeness (QED) is 0.638. The molecule has 2 aromatic rings. The molecular formula is C24H29ClFN3O3S. The molecule has 178 valence electrons. The summed E-state index contributed by atoms with van der Waals surface area (Å²) in [5.74, 6) is -0.800. The Morgan fingerprint density at radius 1 is 0.939 bits per heavy atom. The van der Waals surface area contributed by atoms with Crippen molar-refractivity contribution in [2.75, 3.05) is 39.3 Å². The van der Waals surface area contributed by atoms with Crippen LogP contribution in [0.15, 0.2) is 53.4 Å². The van der Waals surface area contributed by atoms with Crippen molar-refractivity contribution >= 4 is 27.5 Å². The molecule has 9 heteroatoms. The van der Waals surface area contributed by atoms with Gasteiger partial charge in [-0.15, -0.1) is 0 Å². The second-order valence-electron chi connectivity index (χ2n) is 8.74.